The molecular weight excluding hydrogens is 797 g/mol. The number of aliphatic hydroxyl groups is 1. The number of alkyl halides is 2. The van der Waals surface area contributed by atoms with Gasteiger partial charge in [0.1, 0.15) is 23.4 Å². The fourth-order valence-electron chi connectivity index (χ4n) is 8.09. The van der Waals surface area contributed by atoms with E-state index in [1.807, 2.05) is 9.91 Å². The summed E-state index contributed by atoms with van der Waals surface area (Å²) in [5, 5.41) is 17.2. The summed E-state index contributed by atoms with van der Waals surface area (Å²) in [6.45, 7) is 7.90. The minimum Gasteiger partial charge on any atom is -0.495 e. The molecule has 1 aromatic heterocycles. The van der Waals surface area contributed by atoms with Crippen LogP contribution >= 0.6 is 0 Å². The van der Waals surface area contributed by atoms with Crippen molar-refractivity contribution in [3.63, 3.8) is 0 Å². The predicted molar refractivity (Wildman–Crippen MR) is 223 cm³/mol. The van der Waals surface area contributed by atoms with E-state index >= 15 is 0 Å². The number of hydrogen-bond acceptors (Lipinski definition) is 13. The number of nitrogens with one attached hydrogen (secondary N) is 3. The summed E-state index contributed by atoms with van der Waals surface area (Å²) in [6, 6.07) is 9.15. The Bertz CT molecular complexity index is 2130. The Morgan fingerprint density at radius 1 is 0.934 bits per heavy atom. The molecular formula is C41H53F2N11O7. The number of carbonyl (C=O) groups excluding carboxylic acids is 4. The molecule has 0 aliphatic carbocycles. The molecule has 3 fully saturated rings. The number of piperidine rings is 1. The third-order valence-electron chi connectivity index (χ3n) is 11.6. The highest BCUT2D eigenvalue weighted by molar-refractivity contribution is 6.02. The summed E-state index contributed by atoms with van der Waals surface area (Å²) >= 11 is 0. The van der Waals surface area contributed by atoms with Crippen LogP contribution in [0.5, 0.6) is 11.5 Å². The molecule has 0 saturated carbocycles. The average molecular weight is 850 g/mol. The number of urea groups is 1. The van der Waals surface area contributed by atoms with Crippen LogP contribution in [-0.2, 0) is 4.79 Å². The van der Waals surface area contributed by atoms with Gasteiger partial charge in [-0.2, -0.15) is 13.8 Å². The van der Waals surface area contributed by atoms with Crippen molar-refractivity contribution in [1.82, 2.24) is 35.5 Å². The van der Waals surface area contributed by atoms with E-state index in [-0.39, 0.29) is 35.3 Å². The Hall–Kier alpha value is -5.86. The summed E-state index contributed by atoms with van der Waals surface area (Å²) < 4.78 is 40.6. The van der Waals surface area contributed by atoms with Gasteiger partial charge >= 0.3 is 12.0 Å². The van der Waals surface area contributed by atoms with Crippen molar-refractivity contribution in [2.75, 3.05) is 100 Å². The molecule has 0 bridgehead atoms. The topological polar surface area (TPSA) is 188 Å². The highest BCUT2D eigenvalue weighted by atomic mass is 19.3. The molecule has 61 heavy (non-hydrogen) atoms. The van der Waals surface area contributed by atoms with E-state index in [9.17, 15) is 33.1 Å². The number of methoxy groups -OCH3 is 2. The lowest BCUT2D eigenvalue weighted by molar-refractivity contribution is -0.140. The molecule has 0 radical (unpaired) electrons. The number of amides is 5. The maximum Gasteiger partial charge on any atom is 0.342 e. The van der Waals surface area contributed by atoms with Crippen LogP contribution in [0.2, 0.25) is 0 Å². The van der Waals surface area contributed by atoms with Crippen LogP contribution in [0.4, 0.5) is 42.4 Å². The Labute approximate surface area is 352 Å². The highest BCUT2D eigenvalue weighted by Gasteiger charge is 2.47. The highest BCUT2D eigenvalue weighted by Crippen LogP contribution is 2.38. The monoisotopic (exact) mass is 849 g/mol. The first-order chi connectivity index (χ1) is 29.1. The minimum atomic E-state index is -3.61. The lowest BCUT2D eigenvalue weighted by Gasteiger charge is -2.39. The first kappa shape index (κ1) is 43.2. The quantitative estimate of drug-likeness (QED) is 0.221. The van der Waals surface area contributed by atoms with Crippen LogP contribution in [0.1, 0.15) is 53.8 Å². The van der Waals surface area contributed by atoms with Crippen molar-refractivity contribution in [3.8, 4) is 11.5 Å². The number of fused-ring (bicyclic) bond motifs is 1. The molecule has 5 amide bonds. The second kappa shape index (κ2) is 18.0. The summed E-state index contributed by atoms with van der Waals surface area (Å²) in [6.07, 6.45) is 2.60. The SMILES string of the molecule is COc1cc(C(=O)NN2CCC(CN3CCN(C(=O)c4ccc(N5CCC(O)NC5=O)c(OC)c4)CC3)CC2)ccc1Nc1ncc2c(n1)N(C(C)C)CC(F)(F)C(=O)N2C. The summed E-state index contributed by atoms with van der Waals surface area (Å²) in [7, 11) is 4.24. The van der Waals surface area contributed by atoms with Gasteiger partial charge in [0.2, 0.25) is 5.95 Å². The van der Waals surface area contributed by atoms with Crippen LogP contribution < -0.4 is 40.2 Å². The summed E-state index contributed by atoms with van der Waals surface area (Å²) in [5.74, 6) is -3.87. The lowest BCUT2D eigenvalue weighted by atomic mass is 9.96. The second-order valence-corrected chi connectivity index (χ2v) is 16.0. The molecule has 0 spiro atoms. The van der Waals surface area contributed by atoms with Crippen molar-refractivity contribution in [1.29, 1.82) is 0 Å². The molecule has 7 rings (SSSR count). The van der Waals surface area contributed by atoms with Gasteiger partial charge in [-0.3, -0.25) is 29.6 Å². The molecule has 1 atom stereocenters. The van der Waals surface area contributed by atoms with Crippen LogP contribution in [0.15, 0.2) is 42.6 Å². The molecule has 3 aromatic rings. The summed E-state index contributed by atoms with van der Waals surface area (Å²) in [5.41, 5.74) is 5.01. The van der Waals surface area contributed by atoms with Gasteiger partial charge in [0, 0.05) is 83.0 Å². The van der Waals surface area contributed by atoms with Crippen LogP contribution in [0, 0.1) is 5.92 Å². The number of hydrogen-bond donors (Lipinski definition) is 4. The molecule has 20 heteroatoms. The van der Waals surface area contributed by atoms with Crippen molar-refractivity contribution in [3.05, 3.63) is 53.7 Å². The van der Waals surface area contributed by atoms with Crippen molar-refractivity contribution in [2.24, 2.45) is 5.92 Å². The zero-order valence-electron chi connectivity index (χ0n) is 35.0. The van der Waals surface area contributed by atoms with E-state index in [0.29, 0.717) is 79.1 Å². The number of benzene rings is 2. The third kappa shape index (κ3) is 9.40. The maximum absolute atomic E-state index is 14.8. The Morgan fingerprint density at radius 2 is 1.62 bits per heavy atom. The zero-order valence-corrected chi connectivity index (χ0v) is 35.0. The second-order valence-electron chi connectivity index (χ2n) is 16.0. The van der Waals surface area contributed by atoms with E-state index in [4.69, 9.17) is 9.47 Å². The van der Waals surface area contributed by atoms with Gasteiger partial charge in [-0.25, -0.2) is 14.8 Å². The zero-order chi connectivity index (χ0) is 43.6. The number of carbonyl (C=O) groups is 4. The Balaban J connectivity index is 0.883. The van der Waals surface area contributed by atoms with Gasteiger partial charge in [-0.1, -0.05) is 0 Å². The first-order valence-electron chi connectivity index (χ1n) is 20.4. The fourth-order valence-corrected chi connectivity index (χ4v) is 8.09. The number of aromatic nitrogens is 2. The fraction of sp³-hybridized carbons (Fsp3) is 0.512. The van der Waals surface area contributed by atoms with Crippen molar-refractivity contribution >= 4 is 52.6 Å². The van der Waals surface area contributed by atoms with Crippen LogP contribution in [0.25, 0.3) is 0 Å². The first-order valence-corrected chi connectivity index (χ1v) is 20.4. The molecule has 5 heterocycles. The molecule has 18 nitrogen and oxygen atoms in total. The van der Waals surface area contributed by atoms with Gasteiger partial charge in [0.15, 0.2) is 5.82 Å². The predicted octanol–water partition coefficient (Wildman–Crippen LogP) is 3.12. The normalized spacial score (nSPS) is 20.2. The van der Waals surface area contributed by atoms with Gasteiger partial charge in [0.05, 0.1) is 38.3 Å². The summed E-state index contributed by atoms with van der Waals surface area (Å²) in [4.78, 5) is 68.5. The number of anilines is 5. The lowest BCUT2D eigenvalue weighted by Crippen LogP contribution is -2.52. The van der Waals surface area contributed by atoms with E-state index in [1.165, 1.54) is 37.3 Å². The van der Waals surface area contributed by atoms with Crippen LogP contribution in [-0.4, -0.2) is 152 Å². The number of aliphatic hydroxyl groups excluding tert-OH is 1. The Kier molecular flexibility index (Phi) is 12.8. The van der Waals surface area contributed by atoms with E-state index in [2.05, 4.69) is 30.9 Å². The van der Waals surface area contributed by atoms with Gasteiger partial charge in [-0.05, 0) is 69.0 Å². The van der Waals surface area contributed by atoms with Gasteiger partial charge in [0.25, 0.3) is 17.7 Å². The standard InChI is InChI=1S/C41H53F2N11O7/c1-25(2)54-24-41(42,43)38(58)49(3)31-22-44-39(47-35(31)54)45-29-8-6-27(20-32(29)60-4)36(56)48-52-13-10-26(11-14-52)23-50-16-18-51(19-17-50)37(57)28-7-9-30(33(21-28)61-5)53-15-12-34(55)46-40(53)59/h6-9,20-22,25-26,34,55H,10-19,23-24H2,1-5H3,(H,46,59)(H,48,56)(H,44,45,47). The maximum atomic E-state index is 14.8. The average Bonchev–Trinajstić information content (AvgIpc) is 3.32. The number of hydrazine groups is 1. The van der Waals surface area contributed by atoms with E-state index in [1.54, 1.807) is 50.2 Å². The molecule has 1 unspecified atom stereocenters. The minimum absolute atomic E-state index is 0.0987. The van der Waals surface area contributed by atoms with E-state index in [0.717, 1.165) is 37.4 Å². The number of piperazine rings is 1. The number of halogens is 2. The van der Waals surface area contributed by atoms with Gasteiger partial charge in [-0.15, -0.1) is 0 Å². The van der Waals surface area contributed by atoms with Crippen molar-refractivity contribution < 1.29 is 42.5 Å². The smallest absolute Gasteiger partial charge is 0.342 e. The van der Waals surface area contributed by atoms with Crippen LogP contribution in [0.3, 0.4) is 0 Å². The number of rotatable bonds is 11. The molecule has 3 saturated heterocycles. The molecule has 2 aromatic carbocycles. The third-order valence-corrected chi connectivity index (χ3v) is 11.6. The van der Waals surface area contributed by atoms with E-state index < -0.39 is 30.6 Å². The van der Waals surface area contributed by atoms with Crippen molar-refractivity contribution in [2.45, 2.75) is 51.3 Å². The molecule has 328 valence electrons. The molecule has 4 aliphatic rings. The Morgan fingerprint density at radius 3 is 2.30 bits per heavy atom. The largest absolute Gasteiger partial charge is 0.495 e. The number of ether oxygens (including phenoxy) is 2. The van der Waals surface area contributed by atoms with Gasteiger partial charge < -0.3 is 39.9 Å². The molecule has 4 aliphatic heterocycles. The molecule has 4 N–H and O–H groups in total. The number of nitrogens with zero attached hydrogens (tertiary/aromatic N) is 8.